The molecule has 0 bridgehead atoms. The number of hydrogen-bond acceptors (Lipinski definition) is 4. The molecule has 0 aliphatic heterocycles. The molecule has 1 amide bonds. The van der Waals surface area contributed by atoms with Crippen molar-refractivity contribution in [3.8, 4) is 5.75 Å². The summed E-state index contributed by atoms with van der Waals surface area (Å²) < 4.78 is 7.37. The van der Waals surface area contributed by atoms with Crippen molar-refractivity contribution in [2.75, 3.05) is 6.61 Å². The third-order valence-corrected chi connectivity index (χ3v) is 6.39. The van der Waals surface area contributed by atoms with E-state index >= 15 is 0 Å². The van der Waals surface area contributed by atoms with Gasteiger partial charge in [-0.05, 0) is 63.1 Å². The second-order valence-corrected chi connectivity index (χ2v) is 8.53. The maximum atomic E-state index is 13.4. The summed E-state index contributed by atoms with van der Waals surface area (Å²) in [5.74, 6) is -0.220. The number of carboxylic acids is 1. The number of amides is 1. The van der Waals surface area contributed by atoms with Crippen molar-refractivity contribution < 1.29 is 19.4 Å². The highest BCUT2D eigenvalue weighted by molar-refractivity contribution is 5.95. The maximum absolute atomic E-state index is 13.4. The molecule has 1 aliphatic rings. The van der Waals surface area contributed by atoms with Gasteiger partial charge in [0.25, 0.3) is 5.91 Å². The number of fused-ring (bicyclic) bond motifs is 1. The monoisotopic (exact) mass is 435 g/mol. The van der Waals surface area contributed by atoms with Crippen LogP contribution >= 0.6 is 0 Å². The van der Waals surface area contributed by atoms with Crippen molar-refractivity contribution in [3.05, 3.63) is 65.6 Å². The molecule has 2 heterocycles. The van der Waals surface area contributed by atoms with Crippen molar-refractivity contribution in [1.82, 2.24) is 14.7 Å². The quantitative estimate of drug-likeness (QED) is 0.576. The van der Waals surface area contributed by atoms with E-state index in [0.29, 0.717) is 48.2 Å². The van der Waals surface area contributed by atoms with Gasteiger partial charge in [-0.15, -0.1) is 0 Å². The summed E-state index contributed by atoms with van der Waals surface area (Å²) in [7, 11) is 0. The number of imidazole rings is 1. The molecular weight excluding hydrogens is 406 g/mol. The largest absolute Gasteiger partial charge is 0.490 e. The molecular formula is C25H29N3O4. The van der Waals surface area contributed by atoms with Gasteiger partial charge in [-0.25, -0.2) is 4.98 Å². The van der Waals surface area contributed by atoms with E-state index in [9.17, 15) is 14.7 Å². The highest BCUT2D eigenvalue weighted by Crippen LogP contribution is 2.40. The zero-order valence-corrected chi connectivity index (χ0v) is 18.5. The van der Waals surface area contributed by atoms with Crippen molar-refractivity contribution in [3.63, 3.8) is 0 Å². The second-order valence-electron chi connectivity index (χ2n) is 8.53. The first kappa shape index (κ1) is 21.9. The third-order valence-electron chi connectivity index (χ3n) is 6.39. The van der Waals surface area contributed by atoms with Crippen LogP contribution in [0.2, 0.25) is 0 Å². The molecule has 7 heteroatoms. The molecule has 2 aromatic heterocycles. The normalized spacial score (nSPS) is 20.8. The smallest absolute Gasteiger partial charge is 0.305 e. The van der Waals surface area contributed by atoms with E-state index in [-0.39, 0.29) is 12.3 Å². The summed E-state index contributed by atoms with van der Waals surface area (Å²) in [6.45, 7) is 4.18. The van der Waals surface area contributed by atoms with Crippen LogP contribution in [0.5, 0.6) is 5.75 Å². The minimum absolute atomic E-state index is 0.0970. The summed E-state index contributed by atoms with van der Waals surface area (Å²) in [6.07, 6.45) is 4.58. The molecule has 1 fully saturated rings. The van der Waals surface area contributed by atoms with Gasteiger partial charge in [-0.1, -0.05) is 30.3 Å². The van der Waals surface area contributed by atoms with E-state index in [1.165, 1.54) is 5.56 Å². The summed E-state index contributed by atoms with van der Waals surface area (Å²) in [6, 6.07) is 13.9. The number of ether oxygens (including phenoxy) is 1. The average Bonchev–Trinajstić information content (AvgIpc) is 3.11. The number of hydrogen-bond donors (Lipinski definition) is 2. The molecule has 3 aromatic rings. The Balaban J connectivity index is 1.59. The number of benzene rings is 1. The molecule has 2 N–H and O–H groups in total. The third kappa shape index (κ3) is 4.33. The van der Waals surface area contributed by atoms with Gasteiger partial charge in [0.05, 0.1) is 24.3 Å². The number of carbonyl (C=O) groups is 2. The van der Waals surface area contributed by atoms with Crippen LogP contribution in [0.3, 0.4) is 0 Å². The molecule has 7 nitrogen and oxygen atoms in total. The van der Waals surface area contributed by atoms with Crippen molar-refractivity contribution in [2.24, 2.45) is 0 Å². The number of aryl methyl sites for hydroxylation is 1. The Hall–Kier alpha value is -3.35. The van der Waals surface area contributed by atoms with E-state index in [4.69, 9.17) is 4.74 Å². The summed E-state index contributed by atoms with van der Waals surface area (Å²) in [5, 5.41) is 12.7. The van der Waals surface area contributed by atoms with E-state index in [1.54, 1.807) is 17.5 Å². The molecule has 0 unspecified atom stereocenters. The van der Waals surface area contributed by atoms with Crippen LogP contribution in [-0.4, -0.2) is 38.5 Å². The molecule has 0 atom stereocenters. The fraction of sp³-hybridized carbons (Fsp3) is 0.400. The second kappa shape index (κ2) is 9.02. The molecule has 4 rings (SSSR count). The van der Waals surface area contributed by atoms with Crippen LogP contribution in [0.25, 0.3) is 5.65 Å². The first-order chi connectivity index (χ1) is 15.4. The zero-order valence-electron chi connectivity index (χ0n) is 18.5. The van der Waals surface area contributed by atoms with Gasteiger partial charge in [0.1, 0.15) is 5.69 Å². The number of carboxylic acid groups (broad SMARTS) is 1. The molecule has 0 saturated heterocycles. The standard InChI is InChI=1S/C25H29N3O4/c1-3-32-20-10-7-15-28-22(17(2)26-23(20)28)24(31)27-25(16-21(29)30)13-11-19(12-14-25)18-8-5-4-6-9-18/h4-10,15,19H,3,11-14,16H2,1-2H3,(H,27,31)(H,29,30). The van der Waals surface area contributed by atoms with Crippen molar-refractivity contribution >= 4 is 17.5 Å². The van der Waals surface area contributed by atoms with E-state index in [0.717, 1.165) is 12.8 Å². The van der Waals surface area contributed by atoms with Crippen LogP contribution in [0.1, 0.15) is 66.7 Å². The predicted molar refractivity (Wildman–Crippen MR) is 121 cm³/mol. The number of nitrogens with one attached hydrogen (secondary N) is 1. The number of carbonyl (C=O) groups excluding carboxylic acids is 1. The van der Waals surface area contributed by atoms with Gasteiger partial charge >= 0.3 is 5.97 Å². The van der Waals surface area contributed by atoms with Crippen LogP contribution in [-0.2, 0) is 4.79 Å². The number of nitrogens with zero attached hydrogens (tertiary/aromatic N) is 2. The van der Waals surface area contributed by atoms with Crippen LogP contribution in [0, 0.1) is 6.92 Å². The number of rotatable bonds is 7. The van der Waals surface area contributed by atoms with E-state index < -0.39 is 11.5 Å². The Morgan fingerprint density at radius 1 is 1.19 bits per heavy atom. The Kier molecular flexibility index (Phi) is 6.17. The fourth-order valence-corrected chi connectivity index (χ4v) is 4.86. The van der Waals surface area contributed by atoms with Gasteiger partial charge in [-0.2, -0.15) is 0 Å². The number of pyridine rings is 1. The van der Waals surface area contributed by atoms with Crippen LogP contribution < -0.4 is 10.1 Å². The molecule has 168 valence electrons. The first-order valence-electron chi connectivity index (χ1n) is 11.1. The topological polar surface area (TPSA) is 92.9 Å². The highest BCUT2D eigenvalue weighted by Gasteiger charge is 2.39. The lowest BCUT2D eigenvalue weighted by molar-refractivity contribution is -0.139. The zero-order chi connectivity index (χ0) is 22.7. The van der Waals surface area contributed by atoms with Gasteiger partial charge in [0, 0.05) is 6.20 Å². The Morgan fingerprint density at radius 3 is 2.56 bits per heavy atom. The minimum Gasteiger partial charge on any atom is -0.490 e. The molecule has 1 aliphatic carbocycles. The van der Waals surface area contributed by atoms with Crippen LogP contribution in [0.15, 0.2) is 48.7 Å². The molecule has 32 heavy (non-hydrogen) atoms. The Morgan fingerprint density at radius 2 is 1.91 bits per heavy atom. The van der Waals surface area contributed by atoms with Crippen molar-refractivity contribution in [1.29, 1.82) is 0 Å². The average molecular weight is 436 g/mol. The maximum Gasteiger partial charge on any atom is 0.305 e. The Labute approximate surface area is 187 Å². The molecule has 1 saturated carbocycles. The highest BCUT2D eigenvalue weighted by atomic mass is 16.5. The molecule has 0 radical (unpaired) electrons. The van der Waals surface area contributed by atoms with Crippen LogP contribution in [0.4, 0.5) is 0 Å². The number of aliphatic carboxylic acids is 1. The SMILES string of the molecule is CCOc1cccn2c(C(=O)NC3(CC(=O)O)CCC(c4ccccc4)CC3)c(C)nc12. The van der Waals surface area contributed by atoms with Gasteiger partial charge in [0.15, 0.2) is 11.4 Å². The summed E-state index contributed by atoms with van der Waals surface area (Å²) in [5.41, 5.74) is 2.07. The molecule has 0 spiro atoms. The number of aromatic nitrogens is 2. The fourth-order valence-electron chi connectivity index (χ4n) is 4.86. The Bertz CT molecular complexity index is 1110. The first-order valence-corrected chi connectivity index (χ1v) is 11.1. The van der Waals surface area contributed by atoms with Crippen molar-refractivity contribution in [2.45, 2.75) is 57.4 Å². The molecule has 1 aromatic carbocycles. The summed E-state index contributed by atoms with van der Waals surface area (Å²) in [4.78, 5) is 29.7. The van der Waals surface area contributed by atoms with Gasteiger partial charge < -0.3 is 15.2 Å². The summed E-state index contributed by atoms with van der Waals surface area (Å²) >= 11 is 0. The lowest BCUT2D eigenvalue weighted by atomic mass is 9.72. The lowest BCUT2D eigenvalue weighted by Crippen LogP contribution is -2.52. The predicted octanol–water partition coefficient (Wildman–Crippen LogP) is 4.34. The van der Waals surface area contributed by atoms with E-state index in [2.05, 4.69) is 22.4 Å². The van der Waals surface area contributed by atoms with Gasteiger partial charge in [0.2, 0.25) is 0 Å². The van der Waals surface area contributed by atoms with Gasteiger partial charge in [-0.3, -0.25) is 14.0 Å². The lowest BCUT2D eigenvalue weighted by Gasteiger charge is -2.40. The minimum atomic E-state index is -0.906. The van der Waals surface area contributed by atoms with E-state index in [1.807, 2.05) is 37.3 Å².